The molecule has 1 fully saturated rings. The van der Waals surface area contributed by atoms with Gasteiger partial charge in [-0.05, 0) is 55.7 Å². The van der Waals surface area contributed by atoms with Crippen LogP contribution >= 0.6 is 0 Å². The van der Waals surface area contributed by atoms with E-state index < -0.39 is 0 Å². The van der Waals surface area contributed by atoms with E-state index in [2.05, 4.69) is 12.2 Å². The number of nitrogens with zero attached hydrogens (tertiary/aromatic N) is 1. The second-order valence-electron chi connectivity index (χ2n) is 7.00. The Labute approximate surface area is 160 Å². The van der Waals surface area contributed by atoms with Gasteiger partial charge in [-0.2, -0.15) is 0 Å². The molecule has 1 heterocycles. The Bertz CT molecular complexity index is 810. The number of benzene rings is 2. The van der Waals surface area contributed by atoms with Crippen LogP contribution < -0.4 is 15.0 Å². The van der Waals surface area contributed by atoms with E-state index in [1.807, 2.05) is 56.3 Å². The Morgan fingerprint density at radius 1 is 1.15 bits per heavy atom. The Hall–Kier alpha value is -2.82. The third-order valence-electron chi connectivity index (χ3n) is 4.85. The van der Waals surface area contributed by atoms with Crippen LogP contribution in [0.3, 0.4) is 0 Å². The van der Waals surface area contributed by atoms with Crippen molar-refractivity contribution in [3.05, 3.63) is 53.6 Å². The van der Waals surface area contributed by atoms with Crippen molar-refractivity contribution in [1.82, 2.24) is 0 Å². The molecule has 3 rings (SSSR count). The predicted octanol–water partition coefficient (Wildman–Crippen LogP) is 4.08. The molecule has 0 aromatic heterocycles. The highest BCUT2D eigenvalue weighted by atomic mass is 16.5. The standard InChI is InChI=1S/C22H26N2O3/c1-4-12-27-19-10-8-18(9-11-19)24-14-17(13-20(24)25)22(26)23-21-15(2)6-5-7-16(21)3/h5-11,17H,4,12-14H2,1-3H3,(H,23,26)/t17-/m1/s1. The molecule has 1 atom stereocenters. The van der Waals surface area contributed by atoms with Crippen LogP contribution in [0, 0.1) is 19.8 Å². The van der Waals surface area contributed by atoms with Crippen molar-refractivity contribution in [2.75, 3.05) is 23.4 Å². The van der Waals surface area contributed by atoms with Crippen LogP contribution in [0.5, 0.6) is 5.75 Å². The molecule has 0 saturated carbocycles. The first-order chi connectivity index (χ1) is 13.0. The molecule has 142 valence electrons. The van der Waals surface area contributed by atoms with Crippen molar-refractivity contribution >= 4 is 23.2 Å². The van der Waals surface area contributed by atoms with E-state index >= 15 is 0 Å². The van der Waals surface area contributed by atoms with E-state index in [4.69, 9.17) is 4.74 Å². The lowest BCUT2D eigenvalue weighted by molar-refractivity contribution is -0.122. The quantitative estimate of drug-likeness (QED) is 0.838. The maximum atomic E-state index is 12.7. The Morgan fingerprint density at radius 3 is 2.44 bits per heavy atom. The molecule has 1 aliphatic rings. The van der Waals surface area contributed by atoms with Crippen LogP contribution in [-0.4, -0.2) is 25.0 Å². The maximum Gasteiger partial charge on any atom is 0.229 e. The molecular weight excluding hydrogens is 340 g/mol. The SMILES string of the molecule is CCCOc1ccc(N2C[C@H](C(=O)Nc3c(C)cccc3C)CC2=O)cc1. The van der Waals surface area contributed by atoms with Crippen LogP contribution in [0.1, 0.15) is 30.9 Å². The molecule has 2 aromatic carbocycles. The predicted molar refractivity (Wildman–Crippen MR) is 107 cm³/mol. The highest BCUT2D eigenvalue weighted by Gasteiger charge is 2.35. The Balaban J connectivity index is 1.67. The fourth-order valence-electron chi connectivity index (χ4n) is 3.31. The largest absolute Gasteiger partial charge is 0.494 e. The van der Waals surface area contributed by atoms with Crippen LogP contribution in [0.4, 0.5) is 11.4 Å². The van der Waals surface area contributed by atoms with E-state index in [9.17, 15) is 9.59 Å². The minimum atomic E-state index is -0.354. The number of para-hydroxylation sites is 1. The van der Waals surface area contributed by atoms with Crippen molar-refractivity contribution in [2.24, 2.45) is 5.92 Å². The smallest absolute Gasteiger partial charge is 0.229 e. The number of anilines is 2. The van der Waals surface area contributed by atoms with Crippen LogP contribution in [-0.2, 0) is 9.59 Å². The first-order valence-electron chi connectivity index (χ1n) is 9.40. The number of ether oxygens (including phenoxy) is 1. The molecule has 0 radical (unpaired) electrons. The van der Waals surface area contributed by atoms with Crippen molar-refractivity contribution in [3.8, 4) is 5.75 Å². The van der Waals surface area contributed by atoms with Gasteiger partial charge in [0.05, 0.1) is 12.5 Å². The zero-order valence-electron chi connectivity index (χ0n) is 16.1. The highest BCUT2D eigenvalue weighted by molar-refractivity contribution is 6.03. The van der Waals surface area contributed by atoms with E-state index in [0.717, 1.165) is 34.7 Å². The average Bonchev–Trinajstić information content (AvgIpc) is 3.05. The fourth-order valence-corrected chi connectivity index (χ4v) is 3.31. The van der Waals surface area contributed by atoms with Crippen molar-refractivity contribution in [3.63, 3.8) is 0 Å². The first-order valence-corrected chi connectivity index (χ1v) is 9.40. The summed E-state index contributed by atoms with van der Waals surface area (Å²) < 4.78 is 5.58. The summed E-state index contributed by atoms with van der Waals surface area (Å²) in [5.74, 6) is 0.300. The van der Waals surface area contributed by atoms with Crippen molar-refractivity contribution in [1.29, 1.82) is 0 Å². The summed E-state index contributed by atoms with van der Waals surface area (Å²) >= 11 is 0. The van der Waals surface area contributed by atoms with Gasteiger partial charge >= 0.3 is 0 Å². The molecule has 0 aliphatic carbocycles. The molecule has 5 heteroatoms. The lowest BCUT2D eigenvalue weighted by Crippen LogP contribution is -2.28. The summed E-state index contributed by atoms with van der Waals surface area (Å²) in [5.41, 5.74) is 3.68. The van der Waals surface area contributed by atoms with E-state index in [-0.39, 0.29) is 24.2 Å². The molecule has 1 saturated heterocycles. The molecule has 1 N–H and O–H groups in total. The third-order valence-corrected chi connectivity index (χ3v) is 4.85. The molecule has 0 bridgehead atoms. The number of rotatable bonds is 6. The lowest BCUT2D eigenvalue weighted by Gasteiger charge is -2.18. The molecule has 2 amide bonds. The van der Waals surface area contributed by atoms with Crippen LogP contribution in [0.2, 0.25) is 0 Å². The molecule has 0 spiro atoms. The molecule has 0 unspecified atom stereocenters. The summed E-state index contributed by atoms with van der Waals surface area (Å²) in [7, 11) is 0. The van der Waals surface area contributed by atoms with Crippen LogP contribution in [0.25, 0.3) is 0 Å². The normalized spacial score (nSPS) is 16.5. The molecule has 27 heavy (non-hydrogen) atoms. The van der Waals surface area contributed by atoms with Crippen molar-refractivity contribution < 1.29 is 14.3 Å². The number of aryl methyl sites for hydroxylation is 2. The monoisotopic (exact) mass is 366 g/mol. The number of amides is 2. The van der Waals surface area contributed by atoms with E-state index in [1.165, 1.54) is 0 Å². The van der Waals surface area contributed by atoms with Crippen LogP contribution in [0.15, 0.2) is 42.5 Å². The van der Waals surface area contributed by atoms with E-state index in [1.54, 1.807) is 4.90 Å². The summed E-state index contributed by atoms with van der Waals surface area (Å²) in [6, 6.07) is 13.4. The lowest BCUT2D eigenvalue weighted by atomic mass is 10.1. The number of carbonyl (C=O) groups is 2. The van der Waals surface area contributed by atoms with Gasteiger partial charge in [-0.25, -0.2) is 0 Å². The van der Waals surface area contributed by atoms with Gasteiger partial charge in [0, 0.05) is 24.3 Å². The molecular formula is C22H26N2O3. The number of hydrogen-bond donors (Lipinski definition) is 1. The van der Waals surface area contributed by atoms with E-state index in [0.29, 0.717) is 13.2 Å². The van der Waals surface area contributed by atoms with Gasteiger partial charge < -0.3 is 15.0 Å². The van der Waals surface area contributed by atoms with Crippen molar-refractivity contribution in [2.45, 2.75) is 33.6 Å². The topological polar surface area (TPSA) is 58.6 Å². The number of hydrogen-bond acceptors (Lipinski definition) is 3. The van der Waals surface area contributed by atoms with Gasteiger partial charge in [-0.3, -0.25) is 9.59 Å². The minimum absolute atomic E-state index is 0.0288. The van der Waals surface area contributed by atoms with Gasteiger partial charge in [0.25, 0.3) is 0 Å². The van der Waals surface area contributed by atoms with Gasteiger partial charge in [-0.15, -0.1) is 0 Å². The second-order valence-corrected chi connectivity index (χ2v) is 7.00. The minimum Gasteiger partial charge on any atom is -0.494 e. The molecule has 1 aliphatic heterocycles. The van der Waals surface area contributed by atoms with Gasteiger partial charge in [-0.1, -0.05) is 25.1 Å². The third kappa shape index (κ3) is 4.30. The first kappa shape index (κ1) is 19.0. The summed E-state index contributed by atoms with van der Waals surface area (Å²) in [5, 5.41) is 3.01. The molecule has 5 nitrogen and oxygen atoms in total. The second kappa shape index (κ2) is 8.25. The Kier molecular flexibility index (Phi) is 5.79. The number of carbonyl (C=O) groups excluding carboxylic acids is 2. The molecule has 2 aromatic rings. The van der Waals surface area contributed by atoms with Gasteiger partial charge in [0.1, 0.15) is 5.75 Å². The highest BCUT2D eigenvalue weighted by Crippen LogP contribution is 2.28. The summed E-state index contributed by atoms with van der Waals surface area (Å²) in [4.78, 5) is 26.8. The van der Waals surface area contributed by atoms with Gasteiger partial charge in [0.15, 0.2) is 0 Å². The summed E-state index contributed by atoms with van der Waals surface area (Å²) in [6.45, 7) is 7.06. The number of nitrogens with one attached hydrogen (secondary N) is 1. The summed E-state index contributed by atoms with van der Waals surface area (Å²) in [6.07, 6.45) is 1.17. The Morgan fingerprint density at radius 2 is 1.81 bits per heavy atom. The zero-order chi connectivity index (χ0) is 19.4. The average molecular weight is 366 g/mol. The van der Waals surface area contributed by atoms with Gasteiger partial charge in [0.2, 0.25) is 11.8 Å². The zero-order valence-corrected chi connectivity index (χ0v) is 16.1. The fraction of sp³-hybridized carbons (Fsp3) is 0.364. The maximum absolute atomic E-state index is 12.7.